The fraction of sp³-hybridized carbons (Fsp3) is 0.800. The van der Waals surface area contributed by atoms with Gasteiger partial charge in [-0.3, -0.25) is 0 Å². The van der Waals surface area contributed by atoms with Crippen LogP contribution in [0.15, 0.2) is 11.1 Å². The summed E-state index contributed by atoms with van der Waals surface area (Å²) < 4.78 is 5.20. The highest BCUT2D eigenvalue weighted by Gasteiger charge is 2.57. The van der Waals surface area contributed by atoms with Crippen molar-refractivity contribution in [2.75, 3.05) is 13.2 Å². The largest absolute Gasteiger partial charge is 0.458 e. The lowest BCUT2D eigenvalue weighted by molar-refractivity contribution is -0.136. The third kappa shape index (κ3) is 1.56. The number of aliphatic hydroxyl groups is 2. The maximum Gasteiger partial charge on any atom is 0.334 e. The molecule has 0 saturated heterocycles. The predicted octanol–water partition coefficient (Wildman–Crippen LogP) is 1.41. The van der Waals surface area contributed by atoms with Gasteiger partial charge in [0.2, 0.25) is 0 Å². The molecule has 0 aromatic rings. The van der Waals surface area contributed by atoms with E-state index in [0.717, 1.165) is 30.4 Å². The number of esters is 1. The molecule has 4 heteroatoms. The summed E-state index contributed by atoms with van der Waals surface area (Å²) in [5.74, 6) is 0.0495. The molecule has 0 amide bonds. The molecule has 19 heavy (non-hydrogen) atoms. The van der Waals surface area contributed by atoms with Crippen molar-refractivity contribution in [3.63, 3.8) is 0 Å². The van der Waals surface area contributed by atoms with Crippen LogP contribution in [0, 0.1) is 16.7 Å². The molecule has 1 heterocycles. The first kappa shape index (κ1) is 13.1. The molecule has 3 rings (SSSR count). The van der Waals surface area contributed by atoms with E-state index in [9.17, 15) is 15.0 Å². The maximum atomic E-state index is 11.7. The van der Waals surface area contributed by atoms with E-state index in [2.05, 4.69) is 6.92 Å². The molecule has 1 saturated carbocycles. The van der Waals surface area contributed by atoms with Gasteiger partial charge in [0.25, 0.3) is 0 Å². The van der Waals surface area contributed by atoms with Crippen LogP contribution in [0.4, 0.5) is 0 Å². The number of carbonyl (C=O) groups is 1. The minimum absolute atomic E-state index is 0.00810. The molecule has 1 aliphatic heterocycles. The van der Waals surface area contributed by atoms with Gasteiger partial charge in [0, 0.05) is 11.0 Å². The van der Waals surface area contributed by atoms with Gasteiger partial charge in [0.1, 0.15) is 6.61 Å². The number of ether oxygens (including phenoxy) is 1. The first-order valence-electron chi connectivity index (χ1n) is 7.12. The second kappa shape index (κ2) is 4.06. The van der Waals surface area contributed by atoms with Gasteiger partial charge >= 0.3 is 5.97 Å². The molecule has 2 aliphatic carbocycles. The highest BCUT2D eigenvalue weighted by atomic mass is 16.5. The van der Waals surface area contributed by atoms with Crippen molar-refractivity contribution in [2.24, 2.45) is 16.7 Å². The SMILES string of the molecule is C[C@@]1(CO)[C@H](O)CC[C@@]2(C)C3=C(CC[C@H]12)C(=O)OC3. The number of rotatable bonds is 1. The molecule has 0 radical (unpaired) electrons. The van der Waals surface area contributed by atoms with Gasteiger partial charge in [-0.15, -0.1) is 0 Å². The molecular weight excluding hydrogens is 244 g/mol. The Labute approximate surface area is 113 Å². The number of fused-ring (bicyclic) bond motifs is 2. The van der Waals surface area contributed by atoms with Crippen molar-refractivity contribution in [1.29, 1.82) is 0 Å². The third-order valence-corrected chi connectivity index (χ3v) is 5.93. The van der Waals surface area contributed by atoms with Gasteiger partial charge in [-0.1, -0.05) is 13.8 Å². The average molecular weight is 266 g/mol. The quantitative estimate of drug-likeness (QED) is 0.704. The van der Waals surface area contributed by atoms with Gasteiger partial charge in [-0.05, 0) is 42.6 Å². The van der Waals surface area contributed by atoms with E-state index in [0.29, 0.717) is 13.0 Å². The van der Waals surface area contributed by atoms with Crippen LogP contribution in [-0.4, -0.2) is 35.5 Å². The first-order valence-corrected chi connectivity index (χ1v) is 7.12. The van der Waals surface area contributed by atoms with E-state index in [1.165, 1.54) is 0 Å². The molecule has 0 spiro atoms. The zero-order valence-electron chi connectivity index (χ0n) is 11.6. The van der Waals surface area contributed by atoms with E-state index >= 15 is 0 Å². The third-order valence-electron chi connectivity index (χ3n) is 5.93. The monoisotopic (exact) mass is 266 g/mol. The van der Waals surface area contributed by atoms with Crippen molar-refractivity contribution in [1.82, 2.24) is 0 Å². The lowest BCUT2D eigenvalue weighted by Gasteiger charge is -2.56. The second-order valence-electron chi connectivity index (χ2n) is 6.76. The summed E-state index contributed by atoms with van der Waals surface area (Å²) >= 11 is 0. The van der Waals surface area contributed by atoms with Crippen LogP contribution < -0.4 is 0 Å². The summed E-state index contributed by atoms with van der Waals surface area (Å²) in [6.07, 6.45) is 2.64. The molecule has 0 aromatic heterocycles. The molecule has 3 aliphatic rings. The smallest absolute Gasteiger partial charge is 0.334 e. The molecule has 1 fully saturated rings. The van der Waals surface area contributed by atoms with Crippen LogP contribution in [-0.2, 0) is 9.53 Å². The van der Waals surface area contributed by atoms with Crippen LogP contribution in [0.3, 0.4) is 0 Å². The zero-order chi connectivity index (χ0) is 13.8. The lowest BCUT2D eigenvalue weighted by atomic mass is 9.49. The summed E-state index contributed by atoms with van der Waals surface area (Å²) in [5.41, 5.74) is 1.39. The number of hydrogen-bond acceptors (Lipinski definition) is 4. The first-order chi connectivity index (χ1) is 8.93. The van der Waals surface area contributed by atoms with E-state index in [-0.39, 0.29) is 23.9 Å². The summed E-state index contributed by atoms with van der Waals surface area (Å²) in [6, 6.07) is 0. The van der Waals surface area contributed by atoms with Crippen LogP contribution >= 0.6 is 0 Å². The van der Waals surface area contributed by atoms with Crippen molar-refractivity contribution in [3.8, 4) is 0 Å². The van der Waals surface area contributed by atoms with Gasteiger partial charge in [-0.2, -0.15) is 0 Å². The topological polar surface area (TPSA) is 66.8 Å². The van der Waals surface area contributed by atoms with Crippen LogP contribution in [0.5, 0.6) is 0 Å². The molecular formula is C15H22O4. The zero-order valence-corrected chi connectivity index (χ0v) is 11.6. The van der Waals surface area contributed by atoms with Crippen LogP contribution in [0.25, 0.3) is 0 Å². The van der Waals surface area contributed by atoms with Crippen LogP contribution in [0.1, 0.15) is 39.5 Å². The van der Waals surface area contributed by atoms with Crippen molar-refractivity contribution >= 4 is 5.97 Å². The van der Waals surface area contributed by atoms with Gasteiger partial charge in [0.15, 0.2) is 0 Å². The van der Waals surface area contributed by atoms with Gasteiger partial charge in [-0.25, -0.2) is 4.79 Å². The van der Waals surface area contributed by atoms with Gasteiger partial charge < -0.3 is 14.9 Å². The molecule has 0 bridgehead atoms. The molecule has 106 valence electrons. The second-order valence-corrected chi connectivity index (χ2v) is 6.76. The molecule has 4 atom stereocenters. The number of hydrogen-bond donors (Lipinski definition) is 2. The fourth-order valence-corrected chi connectivity index (χ4v) is 4.61. The van der Waals surface area contributed by atoms with Gasteiger partial charge in [0.05, 0.1) is 12.7 Å². The summed E-state index contributed by atoms with van der Waals surface area (Å²) in [5, 5.41) is 20.1. The normalized spacial score (nSPS) is 45.8. The molecule has 2 N–H and O–H groups in total. The predicted molar refractivity (Wildman–Crippen MR) is 69.2 cm³/mol. The van der Waals surface area contributed by atoms with Crippen molar-refractivity contribution in [3.05, 3.63) is 11.1 Å². The Balaban J connectivity index is 2.06. The van der Waals surface area contributed by atoms with Crippen LogP contribution in [0.2, 0.25) is 0 Å². The summed E-state index contributed by atoms with van der Waals surface area (Å²) in [6.45, 7) is 4.54. The Hall–Kier alpha value is -0.870. The Kier molecular flexibility index (Phi) is 2.81. The highest BCUT2D eigenvalue weighted by Crippen LogP contribution is 2.60. The van der Waals surface area contributed by atoms with E-state index in [4.69, 9.17) is 4.74 Å². The lowest BCUT2D eigenvalue weighted by Crippen LogP contribution is -2.55. The van der Waals surface area contributed by atoms with Crippen molar-refractivity contribution < 1.29 is 19.7 Å². The minimum Gasteiger partial charge on any atom is -0.458 e. The fourth-order valence-electron chi connectivity index (χ4n) is 4.61. The summed E-state index contributed by atoms with van der Waals surface area (Å²) in [7, 11) is 0. The van der Waals surface area contributed by atoms with Crippen molar-refractivity contribution in [2.45, 2.75) is 45.6 Å². The summed E-state index contributed by atoms with van der Waals surface area (Å²) in [4.78, 5) is 11.7. The molecule has 0 unspecified atom stereocenters. The number of carbonyl (C=O) groups excluding carboxylic acids is 1. The highest BCUT2D eigenvalue weighted by molar-refractivity contribution is 5.92. The van der Waals surface area contributed by atoms with E-state index in [1.807, 2.05) is 6.92 Å². The Morgan fingerprint density at radius 2 is 2.11 bits per heavy atom. The van der Waals surface area contributed by atoms with E-state index < -0.39 is 11.5 Å². The standard InChI is InChI=1S/C15H22O4/c1-14-6-5-12(17)15(2,8-16)11(14)4-3-9-10(14)7-19-13(9)18/h11-12,16-17H,3-8H2,1-2H3/t11-,12+,14-,15-/m0/s1. The number of aliphatic hydroxyl groups excluding tert-OH is 2. The minimum atomic E-state index is -0.475. The number of cyclic esters (lactones) is 1. The van der Waals surface area contributed by atoms with E-state index in [1.54, 1.807) is 0 Å². The maximum absolute atomic E-state index is 11.7. The Bertz CT molecular complexity index is 455. The Morgan fingerprint density at radius 1 is 1.37 bits per heavy atom. The average Bonchev–Trinajstić information content (AvgIpc) is 2.78. The Morgan fingerprint density at radius 3 is 2.79 bits per heavy atom. The molecule has 0 aromatic carbocycles. The molecule has 4 nitrogen and oxygen atoms in total.